The molecule has 27 heavy (non-hydrogen) atoms. The van der Waals surface area contributed by atoms with Crippen LogP contribution >= 0.6 is 0 Å². The van der Waals surface area contributed by atoms with Crippen molar-refractivity contribution < 1.29 is 23.8 Å². The van der Waals surface area contributed by atoms with Crippen LogP contribution in [0.3, 0.4) is 0 Å². The molecule has 2 aliphatic rings. The highest BCUT2D eigenvalue weighted by Gasteiger charge is 2.25. The summed E-state index contributed by atoms with van der Waals surface area (Å²) < 4.78 is 16.8. The number of carbonyl (C=O) groups excluding carboxylic acids is 2. The Morgan fingerprint density at radius 1 is 1.33 bits per heavy atom. The maximum atomic E-state index is 12.3. The van der Waals surface area contributed by atoms with Crippen molar-refractivity contribution in [3.8, 4) is 0 Å². The lowest BCUT2D eigenvalue weighted by Gasteiger charge is -2.24. The molecule has 1 atom stereocenters. The molecule has 0 radical (unpaired) electrons. The number of ether oxygens (including phenoxy) is 3. The van der Waals surface area contributed by atoms with Gasteiger partial charge in [-0.3, -0.25) is 14.5 Å². The summed E-state index contributed by atoms with van der Waals surface area (Å²) in [7, 11) is 7.10. The quantitative estimate of drug-likeness (QED) is 0.602. The smallest absolute Gasteiger partial charge is 0.253 e. The van der Waals surface area contributed by atoms with Crippen LogP contribution in [0.25, 0.3) is 0 Å². The molecule has 0 aromatic carbocycles. The Hall–Kier alpha value is -2.54. The van der Waals surface area contributed by atoms with Crippen molar-refractivity contribution >= 4 is 11.8 Å². The highest BCUT2D eigenvalue weighted by molar-refractivity contribution is 6.05. The SMILES string of the molecule is COC1=CC(/C=C/C(=O)N2CCC=CC2=O)CC(OCCN(C)C)=C1OC. The Morgan fingerprint density at radius 2 is 2.11 bits per heavy atom. The molecule has 148 valence electrons. The Morgan fingerprint density at radius 3 is 2.74 bits per heavy atom. The number of rotatable bonds is 8. The van der Waals surface area contributed by atoms with Crippen molar-refractivity contribution in [2.75, 3.05) is 48.0 Å². The summed E-state index contributed by atoms with van der Waals surface area (Å²) in [4.78, 5) is 27.4. The van der Waals surface area contributed by atoms with Gasteiger partial charge in [-0.2, -0.15) is 0 Å². The second kappa shape index (κ2) is 9.97. The average Bonchev–Trinajstić information content (AvgIpc) is 2.65. The molecule has 0 bridgehead atoms. The lowest BCUT2D eigenvalue weighted by molar-refractivity contribution is -0.139. The summed E-state index contributed by atoms with van der Waals surface area (Å²) in [5.74, 6) is 1.16. The van der Waals surface area contributed by atoms with Gasteiger partial charge in [0.1, 0.15) is 12.4 Å². The van der Waals surface area contributed by atoms with Crippen LogP contribution in [-0.4, -0.2) is 69.6 Å². The van der Waals surface area contributed by atoms with Gasteiger partial charge < -0.3 is 19.1 Å². The maximum Gasteiger partial charge on any atom is 0.253 e. The summed E-state index contributed by atoms with van der Waals surface area (Å²) in [5, 5.41) is 0. The third-order valence-electron chi connectivity index (χ3n) is 4.30. The molecule has 0 aromatic rings. The molecule has 0 aromatic heterocycles. The second-order valence-corrected chi connectivity index (χ2v) is 6.59. The Kier molecular flexibility index (Phi) is 7.67. The van der Waals surface area contributed by atoms with E-state index in [2.05, 4.69) is 0 Å². The summed E-state index contributed by atoms with van der Waals surface area (Å²) in [5.41, 5.74) is 0. The van der Waals surface area contributed by atoms with Gasteiger partial charge in [-0.05, 0) is 32.7 Å². The van der Waals surface area contributed by atoms with Crippen LogP contribution in [0.5, 0.6) is 0 Å². The zero-order valence-electron chi connectivity index (χ0n) is 16.4. The van der Waals surface area contributed by atoms with Crippen LogP contribution in [0.1, 0.15) is 12.8 Å². The van der Waals surface area contributed by atoms with Crippen LogP contribution in [0.2, 0.25) is 0 Å². The number of likely N-dealkylation sites (N-methyl/N-ethyl adjacent to an activating group) is 1. The number of hydrogen-bond donors (Lipinski definition) is 0. The fraction of sp³-hybridized carbons (Fsp3) is 0.500. The van der Waals surface area contributed by atoms with E-state index >= 15 is 0 Å². The molecule has 7 nitrogen and oxygen atoms in total. The van der Waals surface area contributed by atoms with Gasteiger partial charge in [0.15, 0.2) is 11.5 Å². The van der Waals surface area contributed by atoms with E-state index in [1.54, 1.807) is 26.4 Å². The van der Waals surface area contributed by atoms with Gasteiger partial charge in [0.2, 0.25) is 0 Å². The van der Waals surface area contributed by atoms with Crippen molar-refractivity contribution in [3.05, 3.63) is 47.7 Å². The lowest BCUT2D eigenvalue weighted by Crippen LogP contribution is -2.37. The topological polar surface area (TPSA) is 68.3 Å². The molecule has 0 spiro atoms. The van der Waals surface area contributed by atoms with Gasteiger partial charge in [0.05, 0.1) is 14.2 Å². The van der Waals surface area contributed by atoms with Gasteiger partial charge in [0.25, 0.3) is 11.8 Å². The zero-order chi connectivity index (χ0) is 19.8. The first-order valence-electron chi connectivity index (χ1n) is 8.97. The van der Waals surface area contributed by atoms with E-state index in [1.807, 2.05) is 25.1 Å². The van der Waals surface area contributed by atoms with Crippen LogP contribution < -0.4 is 0 Å². The van der Waals surface area contributed by atoms with E-state index < -0.39 is 0 Å². The highest BCUT2D eigenvalue weighted by Crippen LogP contribution is 2.31. The molecule has 0 N–H and O–H groups in total. The minimum atomic E-state index is -0.312. The van der Waals surface area contributed by atoms with E-state index in [-0.39, 0.29) is 17.7 Å². The maximum absolute atomic E-state index is 12.3. The molecule has 2 amide bonds. The molecule has 1 unspecified atom stereocenters. The summed E-state index contributed by atoms with van der Waals surface area (Å²) in [6.07, 6.45) is 9.56. The van der Waals surface area contributed by atoms with Crippen LogP contribution in [0, 0.1) is 5.92 Å². The minimum absolute atomic E-state index is 0.0902. The third-order valence-corrected chi connectivity index (χ3v) is 4.30. The summed E-state index contributed by atoms with van der Waals surface area (Å²) >= 11 is 0. The molecule has 1 heterocycles. The fourth-order valence-electron chi connectivity index (χ4n) is 2.85. The van der Waals surface area contributed by atoms with Crippen molar-refractivity contribution in [1.29, 1.82) is 0 Å². The fourth-order valence-corrected chi connectivity index (χ4v) is 2.85. The van der Waals surface area contributed by atoms with Gasteiger partial charge >= 0.3 is 0 Å². The number of nitrogens with zero attached hydrogens (tertiary/aromatic N) is 2. The van der Waals surface area contributed by atoms with Gasteiger partial charge in [-0.1, -0.05) is 12.2 Å². The molecule has 0 saturated heterocycles. The van der Waals surface area contributed by atoms with E-state index in [4.69, 9.17) is 14.2 Å². The number of methoxy groups -OCH3 is 2. The van der Waals surface area contributed by atoms with Crippen LogP contribution in [-0.2, 0) is 23.8 Å². The first-order valence-corrected chi connectivity index (χ1v) is 8.97. The number of carbonyl (C=O) groups is 2. The van der Waals surface area contributed by atoms with Crippen molar-refractivity contribution in [3.63, 3.8) is 0 Å². The predicted octanol–water partition coefficient (Wildman–Crippen LogP) is 1.84. The molecule has 0 fully saturated rings. The normalized spacial score (nSPS) is 20.3. The van der Waals surface area contributed by atoms with E-state index in [1.165, 1.54) is 17.1 Å². The Balaban J connectivity index is 2.08. The Labute approximate surface area is 160 Å². The minimum Gasteiger partial charge on any atom is -0.493 e. The van der Waals surface area contributed by atoms with E-state index in [0.717, 1.165) is 6.54 Å². The summed E-state index contributed by atoms with van der Waals surface area (Å²) in [6.45, 7) is 1.71. The van der Waals surface area contributed by atoms with Crippen molar-refractivity contribution in [2.45, 2.75) is 12.8 Å². The zero-order valence-corrected chi connectivity index (χ0v) is 16.4. The van der Waals surface area contributed by atoms with Crippen molar-refractivity contribution in [2.24, 2.45) is 5.92 Å². The molecular weight excluding hydrogens is 348 g/mol. The number of amides is 2. The lowest BCUT2D eigenvalue weighted by atomic mass is 9.96. The summed E-state index contributed by atoms with van der Waals surface area (Å²) in [6, 6.07) is 0. The molecular formula is C20H28N2O5. The van der Waals surface area contributed by atoms with Gasteiger partial charge in [0, 0.05) is 31.5 Å². The number of imide groups is 1. The standard InChI is InChI=1S/C20H28N2O5/c1-21(2)11-12-27-17-14-15(13-16(25-3)20(17)26-4)8-9-19(24)22-10-6-5-7-18(22)23/h5,7-9,13,15H,6,10-12,14H2,1-4H3/b9-8+. The average molecular weight is 376 g/mol. The van der Waals surface area contributed by atoms with E-state index in [0.29, 0.717) is 43.3 Å². The molecule has 1 aliphatic carbocycles. The molecule has 2 rings (SSSR count). The highest BCUT2D eigenvalue weighted by atomic mass is 16.5. The molecule has 1 aliphatic heterocycles. The third kappa shape index (κ3) is 5.72. The largest absolute Gasteiger partial charge is 0.493 e. The monoisotopic (exact) mass is 376 g/mol. The van der Waals surface area contributed by atoms with Gasteiger partial charge in [-0.25, -0.2) is 0 Å². The first-order chi connectivity index (χ1) is 13.0. The first kappa shape index (κ1) is 20.8. The van der Waals surface area contributed by atoms with E-state index in [9.17, 15) is 9.59 Å². The van der Waals surface area contributed by atoms with Crippen LogP contribution in [0.4, 0.5) is 0 Å². The predicted molar refractivity (Wildman–Crippen MR) is 101 cm³/mol. The molecule has 0 saturated carbocycles. The number of allylic oxidation sites excluding steroid dienone is 3. The van der Waals surface area contributed by atoms with Crippen LogP contribution in [0.15, 0.2) is 47.7 Å². The van der Waals surface area contributed by atoms with Crippen molar-refractivity contribution in [1.82, 2.24) is 9.80 Å². The number of hydrogen-bond acceptors (Lipinski definition) is 6. The van der Waals surface area contributed by atoms with Gasteiger partial charge in [-0.15, -0.1) is 0 Å². The Bertz CT molecular complexity index is 676. The second-order valence-electron chi connectivity index (χ2n) is 6.59. The molecule has 7 heteroatoms.